The van der Waals surface area contributed by atoms with Crippen LogP contribution in [0.2, 0.25) is 0 Å². The highest BCUT2D eigenvalue weighted by Crippen LogP contribution is 2.90. The standard InChI is InChI=1S/C12H16Cl3IO2S/c13-19(14,15,16)9-10-4-6-11(7-5-10)18-12-3-1-2-8-17-12/h4-7,12,19H,1-3,8-9H2. The van der Waals surface area contributed by atoms with Gasteiger partial charge in [0, 0.05) is 12.2 Å². The first-order valence-corrected chi connectivity index (χ1v) is 14.0. The van der Waals surface area contributed by atoms with E-state index in [4.69, 9.17) is 41.5 Å². The van der Waals surface area contributed by atoms with Gasteiger partial charge in [0.2, 0.25) is 0 Å². The van der Waals surface area contributed by atoms with Gasteiger partial charge in [-0.25, -0.2) is 0 Å². The highest BCUT2D eigenvalue weighted by atomic mass is 127. The monoisotopic (exact) mass is 456 g/mol. The maximum absolute atomic E-state index is 6.12. The summed E-state index contributed by atoms with van der Waals surface area (Å²) in [5, 5.41) is 0. The molecule has 2 rings (SSSR count). The fraction of sp³-hybridized carbons (Fsp3) is 0.500. The fourth-order valence-electron chi connectivity index (χ4n) is 1.91. The largest absolute Gasteiger partial charge is 0.465 e. The number of hydrogen-bond donors (Lipinski definition) is 1. The van der Waals surface area contributed by atoms with Crippen molar-refractivity contribution < 1.29 is 9.47 Å². The molecule has 0 saturated carbocycles. The molecule has 1 aromatic carbocycles. The van der Waals surface area contributed by atoms with Crippen molar-refractivity contribution in [3.63, 3.8) is 0 Å². The molecule has 7 heteroatoms. The fourth-order valence-corrected chi connectivity index (χ4v) is 5.09. The lowest BCUT2D eigenvalue weighted by Gasteiger charge is -2.35. The van der Waals surface area contributed by atoms with E-state index in [0.717, 1.165) is 37.2 Å². The van der Waals surface area contributed by atoms with Crippen LogP contribution >= 0.6 is 57.2 Å². The summed E-state index contributed by atoms with van der Waals surface area (Å²) in [4.78, 5) is 0. The topological polar surface area (TPSA) is 18.5 Å². The van der Waals surface area contributed by atoms with Crippen molar-refractivity contribution in [2.75, 3.05) is 6.61 Å². The van der Waals surface area contributed by atoms with E-state index in [-0.39, 0.29) is 6.29 Å². The Bertz CT molecular complexity index is 418. The van der Waals surface area contributed by atoms with Gasteiger partial charge in [-0.15, -0.1) is 0 Å². The lowest BCUT2D eigenvalue weighted by molar-refractivity contribution is -0.105. The van der Waals surface area contributed by atoms with Gasteiger partial charge in [-0.2, -0.15) is 0 Å². The van der Waals surface area contributed by atoms with E-state index >= 15 is 0 Å². The first-order chi connectivity index (χ1) is 8.78. The zero-order chi connectivity index (χ0) is 14.0. The van der Waals surface area contributed by atoms with E-state index in [1.807, 2.05) is 45.5 Å². The summed E-state index contributed by atoms with van der Waals surface area (Å²) < 4.78 is 8.18. The van der Waals surface area contributed by atoms with Gasteiger partial charge in [-0.1, -0.05) is 16.1 Å². The van der Waals surface area contributed by atoms with Crippen LogP contribution in [0.4, 0.5) is 0 Å². The first-order valence-electron chi connectivity index (χ1n) is 6.04. The quantitative estimate of drug-likeness (QED) is 0.443. The first kappa shape index (κ1) is 16.3. The van der Waals surface area contributed by atoms with Crippen LogP contribution in [0.25, 0.3) is 0 Å². The van der Waals surface area contributed by atoms with E-state index < -0.39 is 3.97 Å². The van der Waals surface area contributed by atoms with Gasteiger partial charge in [-0.3, -0.25) is 0 Å². The molecule has 1 unspecified atom stereocenters. The third-order valence-corrected chi connectivity index (χ3v) is 5.69. The lowest BCUT2D eigenvalue weighted by atomic mass is 10.2. The molecule has 0 N–H and O–H groups in total. The average Bonchev–Trinajstić information content (AvgIpc) is 2.30. The molecule has 2 nitrogen and oxygen atoms in total. The molecule has 0 aromatic heterocycles. The number of thiol groups is 1. The molecule has 1 saturated heterocycles. The molecular formula is C12H16Cl3IO2S. The molecule has 1 atom stereocenters. The second-order valence-electron chi connectivity index (χ2n) is 4.58. The van der Waals surface area contributed by atoms with Crippen LogP contribution in [-0.2, 0) is 10.5 Å². The second-order valence-corrected chi connectivity index (χ2v) is 26.4. The third kappa shape index (κ3) is 6.48. The van der Waals surface area contributed by atoms with Gasteiger partial charge in [0.15, 0.2) is 6.29 Å². The molecular weight excluding hydrogens is 441 g/mol. The lowest BCUT2D eigenvalue weighted by Crippen LogP contribution is -2.24. The average molecular weight is 458 g/mol. The van der Waals surface area contributed by atoms with Crippen LogP contribution in [0.1, 0.15) is 24.8 Å². The zero-order valence-electron chi connectivity index (χ0n) is 10.2. The van der Waals surface area contributed by atoms with E-state index in [2.05, 4.69) is 0 Å². The molecule has 0 amide bonds. The third-order valence-electron chi connectivity index (χ3n) is 2.75. The Balaban J connectivity index is 1.94. The van der Waals surface area contributed by atoms with Crippen molar-refractivity contribution in [3.05, 3.63) is 29.8 Å². The van der Waals surface area contributed by atoms with E-state index in [1.54, 1.807) is 0 Å². The Morgan fingerprint density at radius 1 is 1.21 bits per heavy atom. The van der Waals surface area contributed by atoms with E-state index in [9.17, 15) is 0 Å². The van der Waals surface area contributed by atoms with Crippen LogP contribution < -0.4 is 4.74 Å². The van der Waals surface area contributed by atoms with Crippen LogP contribution in [0.15, 0.2) is 24.3 Å². The van der Waals surface area contributed by atoms with Crippen molar-refractivity contribution in [3.8, 4) is 5.75 Å². The smallest absolute Gasteiger partial charge is 0.199 e. The summed E-state index contributed by atoms with van der Waals surface area (Å²) in [6.07, 6.45) is 3.08. The molecule has 1 fully saturated rings. The van der Waals surface area contributed by atoms with Gasteiger partial charge >= 0.3 is 0 Å². The summed E-state index contributed by atoms with van der Waals surface area (Å²) in [7, 11) is 18.3. The van der Waals surface area contributed by atoms with Crippen molar-refractivity contribution in [2.24, 2.45) is 0 Å². The Morgan fingerprint density at radius 3 is 2.42 bits per heavy atom. The number of halogens is 4. The summed E-state index contributed by atoms with van der Waals surface area (Å²) in [5.74, 6) is 1.26. The molecule has 1 aliphatic rings. The summed E-state index contributed by atoms with van der Waals surface area (Å²) >= 11 is 1.94. The Hall–Kier alpha value is 0.930. The predicted molar refractivity (Wildman–Crippen MR) is 94.9 cm³/mol. The molecule has 0 radical (unpaired) electrons. The molecule has 0 aliphatic carbocycles. The summed E-state index contributed by atoms with van der Waals surface area (Å²) in [5.41, 5.74) is 1.00. The van der Waals surface area contributed by atoms with Crippen LogP contribution in [0.3, 0.4) is 0 Å². The molecule has 1 aliphatic heterocycles. The maximum atomic E-state index is 6.12. The molecule has 19 heavy (non-hydrogen) atoms. The minimum Gasteiger partial charge on any atom is -0.465 e. The van der Waals surface area contributed by atoms with Gasteiger partial charge in [0.05, 0.1) is 6.61 Å². The van der Waals surface area contributed by atoms with Gasteiger partial charge in [0.1, 0.15) is 5.75 Å². The van der Waals surface area contributed by atoms with Crippen LogP contribution in [0, 0.1) is 0 Å². The summed E-state index contributed by atoms with van der Waals surface area (Å²) in [6, 6.07) is 7.67. The molecule has 0 spiro atoms. The van der Waals surface area contributed by atoms with Crippen molar-refractivity contribution >= 4 is 57.2 Å². The molecule has 1 aromatic rings. The number of ether oxygens (including phenoxy) is 2. The minimum absolute atomic E-state index is 0.127. The number of benzene rings is 1. The Kier molecular flexibility index (Phi) is 5.46. The number of hydrogen-bond acceptors (Lipinski definition) is 2. The second kappa shape index (κ2) is 6.36. The normalized spacial score (nSPS) is 22.5. The SMILES string of the molecule is Cl[SH](Cl)(Cl)(I)Cc1ccc(OC2CCCCO2)cc1. The van der Waals surface area contributed by atoms with E-state index in [1.165, 1.54) is 0 Å². The molecule has 1 heterocycles. The van der Waals surface area contributed by atoms with Crippen molar-refractivity contribution in [1.29, 1.82) is 0 Å². The molecule has 110 valence electrons. The van der Waals surface area contributed by atoms with E-state index in [0.29, 0.717) is 5.75 Å². The van der Waals surface area contributed by atoms with Gasteiger partial charge in [0.25, 0.3) is 0 Å². The number of rotatable bonds is 4. The Labute approximate surface area is 139 Å². The predicted octanol–water partition coefficient (Wildman–Crippen LogP) is 5.98. The van der Waals surface area contributed by atoms with Crippen LogP contribution in [0.5, 0.6) is 5.75 Å². The van der Waals surface area contributed by atoms with Gasteiger partial charge < -0.3 is 9.47 Å². The van der Waals surface area contributed by atoms with Crippen molar-refractivity contribution in [1.82, 2.24) is 0 Å². The maximum Gasteiger partial charge on any atom is 0.199 e. The summed E-state index contributed by atoms with van der Waals surface area (Å²) in [6.45, 7) is 0.775. The Morgan fingerprint density at radius 2 is 1.89 bits per heavy atom. The minimum atomic E-state index is -3.10. The highest BCUT2D eigenvalue weighted by Gasteiger charge is 2.29. The molecule has 0 bridgehead atoms. The van der Waals surface area contributed by atoms with Crippen molar-refractivity contribution in [2.45, 2.75) is 31.3 Å². The highest BCUT2D eigenvalue weighted by molar-refractivity contribution is 14.2. The zero-order valence-corrected chi connectivity index (χ0v) is 15.5. The van der Waals surface area contributed by atoms with Crippen LogP contribution in [-0.4, -0.2) is 12.9 Å². The van der Waals surface area contributed by atoms with Gasteiger partial charge in [-0.05, 0) is 83.8 Å².